The van der Waals surface area contributed by atoms with E-state index in [4.69, 9.17) is 5.26 Å². The van der Waals surface area contributed by atoms with E-state index in [0.29, 0.717) is 23.9 Å². The number of nitrogens with zero attached hydrogens (tertiary/aromatic N) is 2. The molecule has 4 aliphatic rings. The minimum Gasteiger partial charge on any atom is -0.326 e. The van der Waals surface area contributed by atoms with Gasteiger partial charge in [-0.25, -0.2) is 0 Å². The first-order valence-electron chi connectivity index (χ1n) is 8.37. The molecule has 21 heavy (non-hydrogen) atoms. The van der Waals surface area contributed by atoms with Gasteiger partial charge in [0.2, 0.25) is 5.91 Å². The van der Waals surface area contributed by atoms with E-state index in [0.717, 1.165) is 31.2 Å². The third-order valence-corrected chi connectivity index (χ3v) is 6.59. The highest BCUT2D eigenvalue weighted by atomic mass is 16.2. The number of nitriles is 1. The van der Waals surface area contributed by atoms with Crippen LogP contribution < -0.4 is 5.32 Å². The normalized spacial score (nSPS) is 40.5. The van der Waals surface area contributed by atoms with Crippen LogP contribution in [0.3, 0.4) is 0 Å². The van der Waals surface area contributed by atoms with Crippen molar-refractivity contribution in [1.29, 1.82) is 5.26 Å². The van der Waals surface area contributed by atoms with Crippen molar-refractivity contribution in [2.24, 2.45) is 23.2 Å². The number of fused-ring (bicyclic) bond motifs is 2. The summed E-state index contributed by atoms with van der Waals surface area (Å²) in [6.45, 7) is 8.26. The van der Waals surface area contributed by atoms with E-state index in [1.165, 1.54) is 12.8 Å². The Bertz CT molecular complexity index is 467. The molecule has 1 heterocycles. The average Bonchev–Trinajstić information content (AvgIpc) is 2.93. The fourth-order valence-corrected chi connectivity index (χ4v) is 4.94. The van der Waals surface area contributed by atoms with Crippen LogP contribution in [0, 0.1) is 34.5 Å². The van der Waals surface area contributed by atoms with Crippen LogP contribution in [-0.4, -0.2) is 36.0 Å². The Labute approximate surface area is 127 Å². The lowest BCUT2D eigenvalue weighted by Crippen LogP contribution is -2.60. The molecule has 1 aliphatic heterocycles. The van der Waals surface area contributed by atoms with Gasteiger partial charge in [0.1, 0.15) is 6.04 Å². The van der Waals surface area contributed by atoms with Gasteiger partial charge in [0, 0.05) is 12.6 Å². The van der Waals surface area contributed by atoms with Crippen LogP contribution in [0.15, 0.2) is 0 Å². The zero-order chi connectivity index (χ0) is 15.2. The second kappa shape index (κ2) is 5.28. The van der Waals surface area contributed by atoms with Crippen molar-refractivity contribution in [3.63, 3.8) is 0 Å². The summed E-state index contributed by atoms with van der Waals surface area (Å²) in [6, 6.07) is 2.51. The van der Waals surface area contributed by atoms with Gasteiger partial charge in [-0.15, -0.1) is 0 Å². The van der Waals surface area contributed by atoms with Gasteiger partial charge in [-0.05, 0) is 48.9 Å². The summed E-state index contributed by atoms with van der Waals surface area (Å²) in [6.07, 6.45) is 4.35. The van der Waals surface area contributed by atoms with Crippen LogP contribution in [0.5, 0.6) is 0 Å². The summed E-state index contributed by atoms with van der Waals surface area (Å²) in [7, 11) is 0. The number of nitrogens with one attached hydrogen (secondary N) is 1. The van der Waals surface area contributed by atoms with E-state index in [1.807, 2.05) is 0 Å². The van der Waals surface area contributed by atoms with Gasteiger partial charge in [0.05, 0.1) is 12.6 Å². The Kier molecular flexibility index (Phi) is 3.73. The predicted molar refractivity (Wildman–Crippen MR) is 81.3 cm³/mol. The van der Waals surface area contributed by atoms with E-state index in [2.05, 4.69) is 32.2 Å². The van der Waals surface area contributed by atoms with Crippen molar-refractivity contribution in [1.82, 2.24) is 10.2 Å². The Balaban J connectivity index is 1.52. The second-order valence-electron chi connectivity index (χ2n) is 7.82. The quantitative estimate of drug-likeness (QED) is 0.866. The fraction of sp³-hybridized carbons (Fsp3) is 0.882. The van der Waals surface area contributed by atoms with Crippen molar-refractivity contribution in [3.8, 4) is 6.07 Å². The summed E-state index contributed by atoms with van der Waals surface area (Å²) in [4.78, 5) is 14.1. The number of hydrogen-bond acceptors (Lipinski definition) is 3. The number of likely N-dealkylation sites (tertiary alicyclic amines) is 1. The number of carbonyl (C=O) groups is 1. The first kappa shape index (κ1) is 14.8. The molecule has 2 bridgehead atoms. The Morgan fingerprint density at radius 3 is 2.81 bits per heavy atom. The molecule has 1 N–H and O–H groups in total. The SMILES string of the molecule is CC1C(NCC(=O)N2CCC[C@H]2C#N)CC2CC1C2(C)C. The average molecular weight is 289 g/mol. The highest BCUT2D eigenvalue weighted by Gasteiger charge is 2.56. The minimum absolute atomic E-state index is 0.102. The summed E-state index contributed by atoms with van der Waals surface area (Å²) in [5, 5.41) is 12.6. The third kappa shape index (κ3) is 2.36. The number of hydrogen-bond donors (Lipinski definition) is 1. The molecule has 116 valence electrons. The molecule has 1 saturated heterocycles. The standard InChI is InChI=1S/C17H27N3O/c1-11-14-7-12(17(14,2)3)8-15(11)19-10-16(21)20-6-4-5-13(20)9-18/h11-15,19H,4-8,10H2,1-3H3/t11?,12?,13-,14?,15?/m0/s1. The van der Waals surface area contributed by atoms with Crippen LogP contribution in [0.1, 0.15) is 46.5 Å². The van der Waals surface area contributed by atoms with E-state index < -0.39 is 0 Å². The van der Waals surface area contributed by atoms with Gasteiger partial charge in [0.15, 0.2) is 0 Å². The van der Waals surface area contributed by atoms with Crippen LogP contribution in [0.4, 0.5) is 0 Å². The van der Waals surface area contributed by atoms with Gasteiger partial charge in [0.25, 0.3) is 0 Å². The molecule has 5 atom stereocenters. The molecule has 0 spiro atoms. The molecule has 4 heteroatoms. The first-order chi connectivity index (χ1) is 9.95. The van der Waals surface area contributed by atoms with Gasteiger partial charge in [-0.1, -0.05) is 20.8 Å². The van der Waals surface area contributed by atoms with Crippen LogP contribution in [0.2, 0.25) is 0 Å². The Morgan fingerprint density at radius 1 is 1.43 bits per heavy atom. The van der Waals surface area contributed by atoms with Crippen molar-refractivity contribution >= 4 is 5.91 Å². The molecule has 4 fully saturated rings. The third-order valence-electron chi connectivity index (χ3n) is 6.59. The summed E-state index contributed by atoms with van der Waals surface area (Å²) >= 11 is 0. The molecule has 0 radical (unpaired) electrons. The lowest BCUT2D eigenvalue weighted by molar-refractivity contribution is -0.133. The molecule has 3 saturated carbocycles. The monoisotopic (exact) mass is 289 g/mol. The van der Waals surface area contributed by atoms with Crippen molar-refractivity contribution in [3.05, 3.63) is 0 Å². The topological polar surface area (TPSA) is 56.1 Å². The van der Waals surface area contributed by atoms with Gasteiger partial charge in [-0.3, -0.25) is 4.79 Å². The van der Waals surface area contributed by atoms with E-state index in [-0.39, 0.29) is 11.9 Å². The molecule has 0 aromatic rings. The van der Waals surface area contributed by atoms with Gasteiger partial charge >= 0.3 is 0 Å². The maximum atomic E-state index is 12.3. The summed E-state index contributed by atoms with van der Waals surface area (Å²) in [5.41, 5.74) is 0.489. The molecule has 0 aromatic heterocycles. The molecular weight excluding hydrogens is 262 g/mol. The zero-order valence-electron chi connectivity index (χ0n) is 13.4. The van der Waals surface area contributed by atoms with Crippen LogP contribution >= 0.6 is 0 Å². The highest BCUT2D eigenvalue weighted by Crippen LogP contribution is 2.61. The lowest BCUT2D eigenvalue weighted by Gasteiger charge is -2.62. The zero-order valence-corrected chi connectivity index (χ0v) is 13.4. The molecule has 3 aliphatic carbocycles. The molecule has 0 aromatic carbocycles. The van der Waals surface area contributed by atoms with E-state index in [1.54, 1.807) is 4.90 Å². The smallest absolute Gasteiger partial charge is 0.237 e. The highest BCUT2D eigenvalue weighted by molar-refractivity contribution is 5.79. The fourth-order valence-electron chi connectivity index (χ4n) is 4.94. The van der Waals surface area contributed by atoms with E-state index in [9.17, 15) is 4.79 Å². The van der Waals surface area contributed by atoms with Gasteiger partial charge in [-0.2, -0.15) is 5.26 Å². The Hall–Kier alpha value is -1.08. The Morgan fingerprint density at radius 2 is 2.19 bits per heavy atom. The van der Waals surface area contributed by atoms with Crippen LogP contribution in [0.25, 0.3) is 0 Å². The van der Waals surface area contributed by atoms with Crippen molar-refractivity contribution in [2.45, 2.75) is 58.5 Å². The lowest BCUT2D eigenvalue weighted by atomic mass is 9.45. The maximum absolute atomic E-state index is 12.3. The van der Waals surface area contributed by atoms with Crippen LogP contribution in [-0.2, 0) is 4.79 Å². The predicted octanol–water partition coefficient (Wildman–Crippen LogP) is 2.16. The maximum Gasteiger partial charge on any atom is 0.237 e. The molecule has 4 rings (SSSR count). The second-order valence-corrected chi connectivity index (χ2v) is 7.82. The largest absolute Gasteiger partial charge is 0.326 e. The molecule has 4 unspecified atom stereocenters. The van der Waals surface area contributed by atoms with Crippen molar-refractivity contribution in [2.75, 3.05) is 13.1 Å². The minimum atomic E-state index is -0.199. The van der Waals surface area contributed by atoms with E-state index >= 15 is 0 Å². The molecule has 4 nitrogen and oxygen atoms in total. The first-order valence-corrected chi connectivity index (χ1v) is 8.37. The summed E-state index contributed by atoms with van der Waals surface area (Å²) < 4.78 is 0. The summed E-state index contributed by atoms with van der Waals surface area (Å²) in [5.74, 6) is 2.35. The number of amides is 1. The van der Waals surface area contributed by atoms with Gasteiger partial charge < -0.3 is 10.2 Å². The number of rotatable bonds is 3. The molecular formula is C17H27N3O. The van der Waals surface area contributed by atoms with Crippen molar-refractivity contribution < 1.29 is 4.79 Å². The number of carbonyl (C=O) groups excluding carboxylic acids is 1. The molecule has 1 amide bonds.